The molecule has 0 radical (unpaired) electrons. The van der Waals surface area contributed by atoms with Gasteiger partial charge in [-0.1, -0.05) is 0 Å². The molecule has 0 aromatic rings. The molecule has 0 N–H and O–H groups in total. The minimum atomic E-state index is -3.70. The third-order valence-corrected chi connectivity index (χ3v) is 1.67. The molecule has 7 heavy (non-hydrogen) atoms. The Morgan fingerprint density at radius 2 is 2.43 bits per heavy atom. The van der Waals surface area contributed by atoms with Crippen LogP contribution in [0.5, 0.6) is 0 Å². The summed E-state index contributed by atoms with van der Waals surface area (Å²) in [5.74, 6) is 0. The van der Waals surface area contributed by atoms with Gasteiger partial charge in [0.1, 0.15) is 0 Å². The highest BCUT2D eigenvalue weighted by Gasteiger charge is 2.12. The van der Waals surface area contributed by atoms with E-state index in [1.807, 2.05) is 0 Å². The van der Waals surface area contributed by atoms with Gasteiger partial charge < -0.3 is 0 Å². The van der Waals surface area contributed by atoms with Crippen LogP contribution in [0.4, 0.5) is 4.20 Å². The van der Waals surface area contributed by atoms with Crippen LogP contribution in [0, 0.1) is 0 Å². The van der Waals surface area contributed by atoms with Gasteiger partial charge in [0.25, 0.3) is 0 Å². The molecule has 0 heterocycles. The number of rotatable bonds is 2. The van der Waals surface area contributed by atoms with Gasteiger partial charge in [0.2, 0.25) is 0 Å². The Morgan fingerprint density at radius 1 is 2.00 bits per heavy atom. The van der Waals surface area contributed by atoms with E-state index < -0.39 is 5.32 Å². The highest BCUT2D eigenvalue weighted by Crippen LogP contribution is 2.57. The van der Waals surface area contributed by atoms with Crippen LogP contribution in [0.25, 0.3) is 0 Å². The van der Waals surface area contributed by atoms with Crippen molar-refractivity contribution in [1.82, 2.24) is 0 Å². The third kappa shape index (κ3) is 6.85. The molecule has 0 saturated heterocycles. The van der Waals surface area contributed by atoms with Crippen LogP contribution in [0.15, 0.2) is 0 Å². The second kappa shape index (κ2) is 2.99. The van der Waals surface area contributed by atoms with Crippen molar-refractivity contribution in [2.75, 3.05) is 6.61 Å². The Morgan fingerprint density at radius 3 is 2.43 bits per heavy atom. The number of halogens is 2. The zero-order valence-electron chi connectivity index (χ0n) is 3.73. The molecule has 2 nitrogen and oxygen atoms in total. The Kier molecular flexibility index (Phi) is 3.36. The van der Waals surface area contributed by atoms with Crippen molar-refractivity contribution in [3.63, 3.8) is 0 Å². The smallest absolute Gasteiger partial charge is 0.299 e. The van der Waals surface area contributed by atoms with E-state index in [9.17, 15) is 8.76 Å². The van der Waals surface area contributed by atoms with Gasteiger partial charge >= 0.3 is 5.32 Å². The Labute approximate surface area is 54.5 Å². The fraction of sp³-hybridized carbons (Fsp3) is 1.00. The lowest BCUT2D eigenvalue weighted by Gasteiger charge is -1.95. The first-order valence-electron chi connectivity index (χ1n) is 1.70. The number of hydrogen-bond donors (Lipinski definition) is 0. The quantitative estimate of drug-likeness (QED) is 0.545. The van der Waals surface area contributed by atoms with E-state index in [-0.39, 0.29) is 6.61 Å². The molecule has 1 atom stereocenters. The van der Waals surface area contributed by atoms with Gasteiger partial charge in [-0.2, -0.15) is 0 Å². The van der Waals surface area contributed by atoms with Crippen molar-refractivity contribution in [1.29, 1.82) is 0 Å². The van der Waals surface area contributed by atoms with Crippen LogP contribution < -0.4 is 0 Å². The van der Waals surface area contributed by atoms with Gasteiger partial charge in [-0.05, 0) is 6.92 Å². The molecule has 0 spiro atoms. The second-order valence-electron chi connectivity index (χ2n) is 0.832. The largest absolute Gasteiger partial charge is 0.424 e. The molecule has 0 rings (SSSR count). The molecule has 0 aromatic carbocycles. The van der Waals surface area contributed by atoms with Crippen LogP contribution in [0.1, 0.15) is 6.92 Å². The van der Waals surface area contributed by atoms with Crippen LogP contribution in [0.2, 0.25) is 0 Å². The van der Waals surface area contributed by atoms with Crippen LogP contribution >= 0.6 is 27.4 Å². The molecule has 0 aromatic heterocycles. The van der Waals surface area contributed by atoms with Gasteiger partial charge in [-0.3, -0.25) is 4.52 Å². The van der Waals surface area contributed by atoms with E-state index in [0.717, 1.165) is 22.0 Å². The van der Waals surface area contributed by atoms with Gasteiger partial charge in [0, 0.05) is 0 Å². The van der Waals surface area contributed by atoms with E-state index in [0.29, 0.717) is 0 Å². The van der Waals surface area contributed by atoms with E-state index in [1.54, 1.807) is 6.92 Å². The molecule has 0 aliphatic carbocycles. The zero-order chi connectivity index (χ0) is 5.91. The number of hydrogen-bond acceptors (Lipinski definition) is 2. The first-order chi connectivity index (χ1) is 3.06. The van der Waals surface area contributed by atoms with E-state index in [4.69, 9.17) is 0 Å². The van der Waals surface area contributed by atoms with Gasteiger partial charge in [-0.25, -0.2) is 4.57 Å². The molecule has 0 fully saturated rings. The average molecular weight is 238 g/mol. The summed E-state index contributed by atoms with van der Waals surface area (Å²) in [6, 6.07) is 0. The van der Waals surface area contributed by atoms with Crippen molar-refractivity contribution in [3.8, 4) is 0 Å². The predicted molar refractivity (Wildman–Crippen MR) is 34.4 cm³/mol. The third-order valence-electron chi connectivity index (χ3n) is 0.279. The summed E-state index contributed by atoms with van der Waals surface area (Å²) >= 11 is 1.14. The minimum Gasteiger partial charge on any atom is -0.299 e. The summed E-state index contributed by atoms with van der Waals surface area (Å²) in [7, 11) is 0. The normalized spacial score (nSPS) is 18.7. The summed E-state index contributed by atoms with van der Waals surface area (Å²) in [5.41, 5.74) is 0. The zero-order valence-corrected chi connectivity index (χ0v) is 6.78. The molecule has 44 valence electrons. The van der Waals surface area contributed by atoms with Gasteiger partial charge in [0.15, 0.2) is 0 Å². The SMILES string of the molecule is CCOP(=O)(F)I. The molecule has 0 saturated carbocycles. The van der Waals surface area contributed by atoms with E-state index in [1.165, 1.54) is 0 Å². The topological polar surface area (TPSA) is 26.3 Å². The lowest BCUT2D eigenvalue weighted by molar-refractivity contribution is 0.322. The van der Waals surface area contributed by atoms with Crippen molar-refractivity contribution >= 4 is 27.4 Å². The van der Waals surface area contributed by atoms with Crippen molar-refractivity contribution in [3.05, 3.63) is 0 Å². The first-order valence-corrected chi connectivity index (χ1v) is 6.00. The lowest BCUT2D eigenvalue weighted by Crippen LogP contribution is -1.74. The van der Waals surface area contributed by atoms with Gasteiger partial charge in [0.05, 0.1) is 28.6 Å². The summed E-state index contributed by atoms with van der Waals surface area (Å²) in [5, 5.41) is -3.70. The molecular weight excluding hydrogens is 233 g/mol. The average Bonchev–Trinajstić information content (AvgIpc) is 1.30. The molecule has 0 bridgehead atoms. The monoisotopic (exact) mass is 238 g/mol. The minimum absolute atomic E-state index is 0.163. The maximum atomic E-state index is 11.7. The highest BCUT2D eigenvalue weighted by atomic mass is 127. The summed E-state index contributed by atoms with van der Waals surface area (Å²) in [6.07, 6.45) is 0. The first kappa shape index (κ1) is 7.85. The molecule has 0 aliphatic heterocycles. The maximum absolute atomic E-state index is 11.7. The summed E-state index contributed by atoms with van der Waals surface area (Å²) in [6.45, 7) is 1.75. The van der Waals surface area contributed by atoms with E-state index >= 15 is 0 Å². The predicted octanol–water partition coefficient (Wildman–Crippen LogP) is 2.54. The molecule has 5 heteroatoms. The second-order valence-corrected chi connectivity index (χ2v) is 5.38. The summed E-state index contributed by atoms with van der Waals surface area (Å²) < 4.78 is 25.7. The highest BCUT2D eigenvalue weighted by molar-refractivity contribution is 14.2. The van der Waals surface area contributed by atoms with Crippen LogP contribution in [0.3, 0.4) is 0 Å². The Hall–Kier alpha value is 0.850. The van der Waals surface area contributed by atoms with Crippen LogP contribution in [-0.4, -0.2) is 6.61 Å². The molecule has 0 aliphatic rings. The Balaban J connectivity index is 3.36. The Bertz CT molecular complexity index is 89.7. The van der Waals surface area contributed by atoms with Crippen molar-refractivity contribution in [2.24, 2.45) is 0 Å². The molecule has 0 amide bonds. The van der Waals surface area contributed by atoms with E-state index in [2.05, 4.69) is 4.52 Å². The molecule has 1 unspecified atom stereocenters. The maximum Gasteiger partial charge on any atom is 0.424 e. The van der Waals surface area contributed by atoms with Gasteiger partial charge in [-0.15, -0.1) is 4.20 Å². The van der Waals surface area contributed by atoms with Crippen molar-refractivity contribution in [2.45, 2.75) is 6.92 Å². The molecular formula is C2H5FIO2P. The fourth-order valence-corrected chi connectivity index (χ4v) is 1.29. The summed E-state index contributed by atoms with van der Waals surface area (Å²) in [4.78, 5) is 0. The standard InChI is InChI=1S/C2H5FIO2P/c1-2-6-7(3,4)5/h2H2,1H3. The lowest BCUT2D eigenvalue weighted by atomic mass is 10.9. The van der Waals surface area contributed by atoms with Crippen LogP contribution in [-0.2, 0) is 9.09 Å². The fourth-order valence-electron chi connectivity index (χ4n) is 0.150. The van der Waals surface area contributed by atoms with Crippen molar-refractivity contribution < 1.29 is 13.3 Å².